The number of hydrogen-bond donors (Lipinski definition) is 0. The first-order valence-electron chi connectivity index (χ1n) is 9.26. The Kier molecular flexibility index (Phi) is 6.41. The molecule has 2 rings (SSSR count). The normalized spacial score (nSPS) is 13.9. The average Bonchev–Trinajstić information content (AvgIpc) is 2.64. The summed E-state index contributed by atoms with van der Waals surface area (Å²) in [6.07, 6.45) is 1.04. The molecule has 140 valence electrons. The van der Waals surface area contributed by atoms with E-state index in [-0.39, 0.29) is 16.3 Å². The summed E-state index contributed by atoms with van der Waals surface area (Å²) in [7, 11) is 0. The quantitative estimate of drug-likeness (QED) is 0.459. The van der Waals surface area contributed by atoms with Crippen molar-refractivity contribution in [2.24, 2.45) is 0 Å². The molecule has 0 saturated heterocycles. The van der Waals surface area contributed by atoms with E-state index in [1.54, 1.807) is 6.92 Å². The highest BCUT2D eigenvalue weighted by Gasteiger charge is 2.30. The van der Waals surface area contributed by atoms with Crippen LogP contribution in [0.25, 0.3) is 0 Å². The van der Waals surface area contributed by atoms with Crippen molar-refractivity contribution in [2.75, 3.05) is 6.61 Å². The Balaban J connectivity index is 2.40. The molecule has 0 N–H and O–H groups in total. The first-order chi connectivity index (χ1) is 12.3. The van der Waals surface area contributed by atoms with E-state index in [2.05, 4.69) is 32.9 Å². The summed E-state index contributed by atoms with van der Waals surface area (Å²) >= 11 is 0. The predicted molar refractivity (Wildman–Crippen MR) is 106 cm³/mol. The second-order valence-electron chi connectivity index (χ2n) is 7.37. The first kappa shape index (κ1) is 20.0. The summed E-state index contributed by atoms with van der Waals surface area (Å²) in [5.74, 6) is 0.489. The minimum absolute atomic E-state index is 0.0991. The van der Waals surface area contributed by atoms with Gasteiger partial charge in [-0.25, -0.2) is 0 Å². The molecular formula is C22H29NO3. The zero-order valence-electron chi connectivity index (χ0n) is 16.4. The molecule has 0 radical (unpaired) electrons. The molecule has 0 aliphatic rings. The lowest BCUT2D eigenvalue weighted by molar-refractivity contribution is -0.520. The van der Waals surface area contributed by atoms with E-state index in [9.17, 15) is 10.1 Å². The van der Waals surface area contributed by atoms with Gasteiger partial charge in [-0.1, -0.05) is 57.2 Å². The largest absolute Gasteiger partial charge is 0.494 e. The summed E-state index contributed by atoms with van der Waals surface area (Å²) in [4.78, 5) is 11.3. The van der Waals surface area contributed by atoms with Crippen LogP contribution in [0.15, 0.2) is 48.5 Å². The van der Waals surface area contributed by atoms with Gasteiger partial charge in [-0.05, 0) is 47.6 Å². The van der Waals surface area contributed by atoms with Crippen molar-refractivity contribution in [2.45, 2.75) is 58.4 Å². The van der Waals surface area contributed by atoms with Crippen LogP contribution < -0.4 is 4.74 Å². The van der Waals surface area contributed by atoms with E-state index < -0.39 is 6.04 Å². The fourth-order valence-corrected chi connectivity index (χ4v) is 3.16. The third-order valence-corrected chi connectivity index (χ3v) is 5.30. The second-order valence-corrected chi connectivity index (χ2v) is 7.37. The van der Waals surface area contributed by atoms with Crippen LogP contribution in [-0.2, 0) is 5.41 Å². The number of nitrogens with zero attached hydrogens (tertiary/aromatic N) is 1. The zero-order valence-corrected chi connectivity index (χ0v) is 16.4. The molecule has 0 spiro atoms. The molecule has 0 fully saturated rings. The molecule has 4 nitrogen and oxygen atoms in total. The fourth-order valence-electron chi connectivity index (χ4n) is 3.16. The van der Waals surface area contributed by atoms with Crippen LogP contribution >= 0.6 is 0 Å². The molecule has 0 saturated carbocycles. The maximum absolute atomic E-state index is 11.5. The number of ether oxygens (including phenoxy) is 1. The fraction of sp³-hybridized carbons (Fsp3) is 0.455. The molecular weight excluding hydrogens is 326 g/mol. The lowest BCUT2D eigenvalue weighted by Gasteiger charge is -2.25. The predicted octanol–water partition coefficient (Wildman–Crippen LogP) is 5.57. The Labute approximate surface area is 156 Å². The van der Waals surface area contributed by atoms with Crippen molar-refractivity contribution in [1.29, 1.82) is 0 Å². The average molecular weight is 355 g/mol. The zero-order chi connectivity index (χ0) is 19.3. The molecule has 2 unspecified atom stereocenters. The number of rotatable bonds is 8. The molecule has 2 atom stereocenters. The first-order valence-corrected chi connectivity index (χ1v) is 9.26. The van der Waals surface area contributed by atoms with Gasteiger partial charge in [0.1, 0.15) is 5.75 Å². The van der Waals surface area contributed by atoms with Gasteiger partial charge in [0.2, 0.25) is 6.04 Å². The van der Waals surface area contributed by atoms with Crippen LogP contribution in [0.4, 0.5) is 0 Å². The Bertz CT molecular complexity index is 720. The SMILES string of the molecule is CCOc1ccc(C(c2ccc(C(C)(C)CC)cc2)C(C)[N+](=O)[O-])cc1. The maximum Gasteiger partial charge on any atom is 0.221 e. The minimum atomic E-state index is -0.710. The Morgan fingerprint density at radius 2 is 1.50 bits per heavy atom. The Morgan fingerprint density at radius 1 is 1.00 bits per heavy atom. The van der Waals surface area contributed by atoms with Gasteiger partial charge in [0.15, 0.2) is 0 Å². The van der Waals surface area contributed by atoms with Gasteiger partial charge >= 0.3 is 0 Å². The Morgan fingerprint density at radius 3 is 1.92 bits per heavy atom. The summed E-state index contributed by atoms with van der Waals surface area (Å²) in [6, 6.07) is 15.2. The molecule has 0 aliphatic heterocycles. The Hall–Kier alpha value is -2.36. The van der Waals surface area contributed by atoms with Gasteiger partial charge in [-0.2, -0.15) is 0 Å². The molecule has 0 aliphatic carbocycles. The van der Waals surface area contributed by atoms with Gasteiger partial charge in [-0.3, -0.25) is 10.1 Å². The molecule has 2 aromatic rings. The number of hydrogen-bond acceptors (Lipinski definition) is 3. The van der Waals surface area contributed by atoms with Crippen molar-refractivity contribution in [3.8, 4) is 5.75 Å². The van der Waals surface area contributed by atoms with Crippen LogP contribution in [0.3, 0.4) is 0 Å². The summed E-state index contributed by atoms with van der Waals surface area (Å²) in [5, 5.41) is 11.5. The maximum atomic E-state index is 11.5. The number of benzene rings is 2. The van der Waals surface area contributed by atoms with Crippen molar-refractivity contribution < 1.29 is 9.66 Å². The van der Waals surface area contributed by atoms with Crippen LogP contribution in [-0.4, -0.2) is 17.6 Å². The van der Waals surface area contributed by atoms with Crippen molar-refractivity contribution in [3.05, 3.63) is 75.3 Å². The highest BCUT2D eigenvalue weighted by molar-refractivity contribution is 5.39. The summed E-state index contributed by atoms with van der Waals surface area (Å²) in [6.45, 7) is 10.8. The van der Waals surface area contributed by atoms with Crippen molar-refractivity contribution in [3.63, 3.8) is 0 Å². The van der Waals surface area contributed by atoms with E-state index in [0.717, 1.165) is 23.3 Å². The van der Waals surface area contributed by atoms with Crippen LogP contribution in [0, 0.1) is 10.1 Å². The minimum Gasteiger partial charge on any atom is -0.494 e. The smallest absolute Gasteiger partial charge is 0.221 e. The van der Waals surface area contributed by atoms with E-state index in [1.165, 1.54) is 5.56 Å². The van der Waals surface area contributed by atoms with E-state index in [1.807, 2.05) is 43.3 Å². The molecule has 26 heavy (non-hydrogen) atoms. The molecule has 0 amide bonds. The van der Waals surface area contributed by atoms with Gasteiger partial charge in [0.25, 0.3) is 0 Å². The van der Waals surface area contributed by atoms with Crippen LogP contribution in [0.5, 0.6) is 5.75 Å². The van der Waals surface area contributed by atoms with Crippen molar-refractivity contribution in [1.82, 2.24) is 0 Å². The van der Waals surface area contributed by atoms with Gasteiger partial charge in [0.05, 0.1) is 12.5 Å². The lowest BCUT2D eigenvalue weighted by atomic mass is 9.80. The van der Waals surface area contributed by atoms with Gasteiger partial charge < -0.3 is 4.74 Å². The molecule has 0 bridgehead atoms. The third-order valence-electron chi connectivity index (χ3n) is 5.30. The molecule has 0 heterocycles. The van der Waals surface area contributed by atoms with E-state index in [4.69, 9.17) is 4.74 Å². The molecule has 0 aromatic heterocycles. The lowest BCUT2D eigenvalue weighted by Crippen LogP contribution is -2.25. The highest BCUT2D eigenvalue weighted by atomic mass is 16.6. The second kappa shape index (κ2) is 8.35. The number of nitro groups is 1. The third kappa shape index (κ3) is 4.43. The van der Waals surface area contributed by atoms with E-state index >= 15 is 0 Å². The standard InChI is InChI=1S/C22H29NO3/c1-6-22(4,5)19-12-8-17(9-13-19)21(16(3)23(24)25)18-10-14-20(15-11-18)26-7-2/h8-16,21H,6-7H2,1-5H3. The van der Waals surface area contributed by atoms with Gasteiger partial charge in [-0.15, -0.1) is 0 Å². The summed E-state index contributed by atoms with van der Waals surface area (Å²) in [5.41, 5.74) is 3.25. The van der Waals surface area contributed by atoms with Crippen molar-refractivity contribution >= 4 is 0 Å². The van der Waals surface area contributed by atoms with Crippen LogP contribution in [0.1, 0.15) is 63.6 Å². The van der Waals surface area contributed by atoms with E-state index in [0.29, 0.717) is 6.61 Å². The van der Waals surface area contributed by atoms with Crippen LogP contribution in [0.2, 0.25) is 0 Å². The monoisotopic (exact) mass is 355 g/mol. The molecule has 2 aromatic carbocycles. The highest BCUT2D eigenvalue weighted by Crippen LogP contribution is 2.33. The van der Waals surface area contributed by atoms with Gasteiger partial charge in [0, 0.05) is 11.8 Å². The summed E-state index contributed by atoms with van der Waals surface area (Å²) < 4.78 is 5.49. The molecule has 4 heteroatoms. The topological polar surface area (TPSA) is 52.4 Å².